The summed E-state index contributed by atoms with van der Waals surface area (Å²) in [6.07, 6.45) is 6.31. The minimum absolute atomic E-state index is 0.170. The number of hydrogen-bond donors (Lipinski definition) is 1. The maximum atomic E-state index is 11.6. The van der Waals surface area contributed by atoms with Crippen LogP contribution in [-0.2, 0) is 11.8 Å². The fraction of sp³-hybridized carbons (Fsp3) is 0.571. The Labute approximate surface area is 108 Å². The van der Waals surface area contributed by atoms with Gasteiger partial charge in [-0.3, -0.25) is 9.48 Å². The second kappa shape index (κ2) is 5.72. The van der Waals surface area contributed by atoms with Crippen LogP contribution in [0.1, 0.15) is 44.2 Å². The number of aromatic nitrogens is 2. The first-order valence-electron chi connectivity index (χ1n) is 6.43. The van der Waals surface area contributed by atoms with E-state index in [4.69, 9.17) is 0 Å². The van der Waals surface area contributed by atoms with E-state index >= 15 is 0 Å². The highest BCUT2D eigenvalue weighted by Gasteiger charge is 2.29. The Morgan fingerprint density at radius 3 is 2.94 bits per heavy atom. The molecule has 1 saturated carbocycles. The molecule has 1 aromatic rings. The van der Waals surface area contributed by atoms with Gasteiger partial charge in [0.15, 0.2) is 0 Å². The minimum atomic E-state index is -0.170. The highest BCUT2D eigenvalue weighted by atomic mass is 16.1. The monoisotopic (exact) mass is 245 g/mol. The molecule has 1 aromatic heterocycles. The van der Waals surface area contributed by atoms with Gasteiger partial charge in [-0.2, -0.15) is 5.10 Å². The van der Waals surface area contributed by atoms with E-state index in [1.165, 1.54) is 18.5 Å². The molecule has 0 radical (unpaired) electrons. The Hall–Kier alpha value is -1.76. The van der Waals surface area contributed by atoms with Gasteiger partial charge in [-0.05, 0) is 31.8 Å². The predicted molar refractivity (Wildman–Crippen MR) is 69.8 cm³/mol. The molecule has 0 bridgehead atoms. The van der Waals surface area contributed by atoms with Crippen molar-refractivity contribution in [1.82, 2.24) is 15.1 Å². The van der Waals surface area contributed by atoms with Gasteiger partial charge in [-0.15, -0.1) is 0 Å². The van der Waals surface area contributed by atoms with Crippen LogP contribution in [0.3, 0.4) is 0 Å². The summed E-state index contributed by atoms with van der Waals surface area (Å²) in [5.74, 6) is 5.37. The summed E-state index contributed by atoms with van der Waals surface area (Å²) in [6, 6.07) is 2.23. The number of carbonyl (C=O) groups excluding carboxylic acids is 1. The van der Waals surface area contributed by atoms with Gasteiger partial charge >= 0.3 is 0 Å². The first kappa shape index (κ1) is 12.7. The molecule has 1 fully saturated rings. The molecular weight excluding hydrogens is 226 g/mol. The van der Waals surface area contributed by atoms with Crippen molar-refractivity contribution < 1.29 is 4.79 Å². The van der Waals surface area contributed by atoms with Gasteiger partial charge in [-0.25, -0.2) is 0 Å². The van der Waals surface area contributed by atoms with Gasteiger partial charge in [-0.1, -0.05) is 18.8 Å². The van der Waals surface area contributed by atoms with E-state index in [1.807, 2.05) is 24.0 Å². The average molecular weight is 245 g/mol. The van der Waals surface area contributed by atoms with Crippen LogP contribution >= 0.6 is 0 Å². The lowest BCUT2D eigenvalue weighted by Crippen LogP contribution is -2.41. The zero-order chi connectivity index (χ0) is 13.0. The van der Waals surface area contributed by atoms with E-state index in [0.717, 1.165) is 12.8 Å². The fourth-order valence-corrected chi connectivity index (χ4v) is 2.72. The standard InChI is InChI=1S/C14H19N3O/c1-3-6-14(18)16-12-8-5-4-7-11(12)13-9-10-15-17(13)2/h9-12H,4-5,7-8H2,1-2H3,(H,16,18)/t11-,12+/m0/s1. The highest BCUT2D eigenvalue weighted by Crippen LogP contribution is 2.32. The van der Waals surface area contributed by atoms with Crippen molar-refractivity contribution in [2.24, 2.45) is 7.05 Å². The molecular formula is C14H19N3O. The van der Waals surface area contributed by atoms with E-state index in [0.29, 0.717) is 5.92 Å². The van der Waals surface area contributed by atoms with Crippen molar-refractivity contribution in [3.05, 3.63) is 18.0 Å². The molecule has 0 saturated heterocycles. The topological polar surface area (TPSA) is 46.9 Å². The van der Waals surface area contributed by atoms with E-state index in [-0.39, 0.29) is 11.9 Å². The van der Waals surface area contributed by atoms with Gasteiger partial charge in [0, 0.05) is 30.9 Å². The molecule has 4 heteroatoms. The van der Waals surface area contributed by atoms with Gasteiger partial charge in [0.1, 0.15) is 0 Å². The van der Waals surface area contributed by atoms with Crippen LogP contribution < -0.4 is 5.32 Å². The summed E-state index contributed by atoms with van der Waals surface area (Å²) in [5.41, 5.74) is 1.20. The molecule has 1 aliphatic carbocycles. The summed E-state index contributed by atoms with van der Waals surface area (Å²) in [4.78, 5) is 11.6. The number of rotatable bonds is 2. The van der Waals surface area contributed by atoms with E-state index < -0.39 is 0 Å². The number of carbonyl (C=O) groups is 1. The van der Waals surface area contributed by atoms with Crippen LogP contribution in [0, 0.1) is 11.8 Å². The quantitative estimate of drug-likeness (QED) is 0.804. The number of amides is 1. The van der Waals surface area contributed by atoms with Crippen molar-refractivity contribution in [2.45, 2.75) is 44.6 Å². The molecule has 2 rings (SSSR count). The second-order valence-electron chi connectivity index (χ2n) is 4.73. The fourth-order valence-electron chi connectivity index (χ4n) is 2.72. The molecule has 2 atom stereocenters. The van der Waals surface area contributed by atoms with E-state index in [2.05, 4.69) is 22.3 Å². The van der Waals surface area contributed by atoms with Gasteiger partial charge < -0.3 is 5.32 Å². The number of hydrogen-bond acceptors (Lipinski definition) is 2. The van der Waals surface area contributed by atoms with Crippen LogP contribution in [0.15, 0.2) is 12.3 Å². The Kier molecular flexibility index (Phi) is 4.03. The maximum absolute atomic E-state index is 11.6. The van der Waals surface area contributed by atoms with Gasteiger partial charge in [0.05, 0.1) is 0 Å². The van der Waals surface area contributed by atoms with Crippen LogP contribution in [0.4, 0.5) is 0 Å². The lowest BCUT2D eigenvalue weighted by atomic mass is 9.82. The van der Waals surface area contributed by atoms with Crippen LogP contribution in [-0.4, -0.2) is 21.7 Å². The first-order chi connectivity index (χ1) is 8.72. The average Bonchev–Trinajstić information content (AvgIpc) is 2.76. The predicted octanol–water partition coefficient (Wildman–Crippen LogP) is 1.59. The smallest absolute Gasteiger partial charge is 0.296 e. The third-order valence-electron chi connectivity index (χ3n) is 3.56. The third-order valence-corrected chi connectivity index (χ3v) is 3.56. The lowest BCUT2D eigenvalue weighted by Gasteiger charge is -2.31. The Bertz CT molecular complexity index is 481. The molecule has 0 unspecified atom stereocenters. The molecule has 1 aliphatic rings. The molecule has 4 nitrogen and oxygen atoms in total. The highest BCUT2D eigenvalue weighted by molar-refractivity contribution is 5.93. The van der Waals surface area contributed by atoms with E-state index in [9.17, 15) is 4.79 Å². The summed E-state index contributed by atoms with van der Waals surface area (Å²) in [5, 5.41) is 7.25. The second-order valence-corrected chi connectivity index (χ2v) is 4.73. The molecule has 0 aliphatic heterocycles. The SMILES string of the molecule is CC#CC(=O)N[C@@H]1CCCC[C@@H]1c1ccnn1C. The largest absolute Gasteiger partial charge is 0.342 e. The molecule has 0 spiro atoms. The summed E-state index contributed by atoms with van der Waals surface area (Å²) in [7, 11) is 1.95. The van der Waals surface area contributed by atoms with Gasteiger partial charge in [0.25, 0.3) is 5.91 Å². The number of aryl methyl sites for hydroxylation is 1. The third kappa shape index (κ3) is 2.73. The van der Waals surface area contributed by atoms with Crippen molar-refractivity contribution >= 4 is 5.91 Å². The zero-order valence-corrected chi connectivity index (χ0v) is 10.9. The van der Waals surface area contributed by atoms with Crippen molar-refractivity contribution in [1.29, 1.82) is 0 Å². The van der Waals surface area contributed by atoms with Crippen LogP contribution in [0.2, 0.25) is 0 Å². The molecule has 18 heavy (non-hydrogen) atoms. The normalized spacial score (nSPS) is 23.0. The van der Waals surface area contributed by atoms with Gasteiger partial charge in [0.2, 0.25) is 0 Å². The Morgan fingerprint density at radius 1 is 1.50 bits per heavy atom. The number of nitrogens with one attached hydrogen (secondary N) is 1. The molecule has 1 heterocycles. The van der Waals surface area contributed by atoms with E-state index in [1.54, 1.807) is 6.92 Å². The number of nitrogens with zero attached hydrogens (tertiary/aromatic N) is 2. The molecule has 1 amide bonds. The van der Waals surface area contributed by atoms with Crippen molar-refractivity contribution in [2.75, 3.05) is 0 Å². The summed E-state index contributed by atoms with van der Waals surface area (Å²) in [6.45, 7) is 1.68. The maximum Gasteiger partial charge on any atom is 0.296 e. The first-order valence-corrected chi connectivity index (χ1v) is 6.43. The molecule has 1 N–H and O–H groups in total. The van der Waals surface area contributed by atoms with Crippen molar-refractivity contribution in [3.63, 3.8) is 0 Å². The minimum Gasteiger partial charge on any atom is -0.342 e. The van der Waals surface area contributed by atoms with Crippen LogP contribution in [0.5, 0.6) is 0 Å². The van der Waals surface area contributed by atoms with Crippen molar-refractivity contribution in [3.8, 4) is 11.8 Å². The Balaban J connectivity index is 2.13. The van der Waals surface area contributed by atoms with Crippen LogP contribution in [0.25, 0.3) is 0 Å². The molecule has 0 aromatic carbocycles. The lowest BCUT2D eigenvalue weighted by molar-refractivity contribution is -0.116. The zero-order valence-electron chi connectivity index (χ0n) is 10.9. The summed E-state index contributed by atoms with van der Waals surface area (Å²) < 4.78 is 1.90. The molecule has 96 valence electrons. The summed E-state index contributed by atoms with van der Waals surface area (Å²) >= 11 is 0. The Morgan fingerprint density at radius 2 is 2.28 bits per heavy atom.